The van der Waals surface area contributed by atoms with Crippen LogP contribution >= 0.6 is 0 Å². The van der Waals surface area contributed by atoms with Crippen LogP contribution in [0.15, 0.2) is 78.2 Å². The topological polar surface area (TPSA) is 93.3 Å². The first-order valence-electron chi connectivity index (χ1n) is 13.5. The van der Waals surface area contributed by atoms with E-state index in [1.165, 1.54) is 20.0 Å². The first-order valence-corrected chi connectivity index (χ1v) is 14.9. The summed E-state index contributed by atoms with van der Waals surface area (Å²) in [6.45, 7) is 3.93. The molecule has 1 amide bonds. The molecular weight excluding hydrogens is 536 g/mol. The number of aromatic nitrogens is 4. The summed E-state index contributed by atoms with van der Waals surface area (Å²) in [6.07, 6.45) is 7.78. The van der Waals surface area contributed by atoms with Gasteiger partial charge in [0.05, 0.1) is 11.1 Å². The monoisotopic (exact) mass is 568 g/mol. The number of amides is 1. The van der Waals surface area contributed by atoms with Gasteiger partial charge in [0, 0.05) is 67.9 Å². The summed E-state index contributed by atoms with van der Waals surface area (Å²) in [5, 5.41) is 5.07. The van der Waals surface area contributed by atoms with Gasteiger partial charge >= 0.3 is 0 Å². The lowest BCUT2D eigenvalue weighted by Gasteiger charge is -2.25. The molecule has 0 fully saturated rings. The van der Waals surface area contributed by atoms with Gasteiger partial charge in [0.15, 0.2) is 5.65 Å². The van der Waals surface area contributed by atoms with Crippen LogP contribution in [-0.4, -0.2) is 70.5 Å². The van der Waals surface area contributed by atoms with Gasteiger partial charge in [0.1, 0.15) is 6.54 Å². The fraction of sp³-hybridized carbons (Fsp3) is 0.258. The lowest BCUT2D eigenvalue weighted by molar-refractivity contribution is -0.129. The Labute approximate surface area is 239 Å². The Morgan fingerprint density at radius 3 is 2.49 bits per heavy atom. The van der Waals surface area contributed by atoms with Crippen molar-refractivity contribution >= 4 is 27.0 Å². The third-order valence-electron chi connectivity index (χ3n) is 7.67. The van der Waals surface area contributed by atoms with Gasteiger partial charge in [-0.15, -0.1) is 0 Å². The van der Waals surface area contributed by atoms with Gasteiger partial charge in [-0.05, 0) is 61.3 Å². The molecule has 3 aromatic heterocycles. The molecule has 4 heterocycles. The van der Waals surface area contributed by atoms with Gasteiger partial charge in [-0.1, -0.05) is 29.8 Å². The third kappa shape index (κ3) is 5.05. The molecular formula is C31H32N6O3S. The highest BCUT2D eigenvalue weighted by Crippen LogP contribution is 2.35. The standard InChI is InChI=1S/C31H32N6O3S/c1-21-5-9-27(10-6-21)41(39,40)37-19-29(26-16-33-36(18-26)20-30(38)34(2)3)28-14-24(15-32-31(28)37)23-8-7-22-11-12-35(4)17-25(22)13-23/h5-10,13-16,18-19H,11-12,17,20H2,1-4H3. The van der Waals surface area contributed by atoms with Crippen molar-refractivity contribution in [3.05, 3.63) is 90.0 Å². The maximum atomic E-state index is 13.8. The van der Waals surface area contributed by atoms with Gasteiger partial charge in [0.2, 0.25) is 5.91 Å². The van der Waals surface area contributed by atoms with Crippen molar-refractivity contribution in [2.24, 2.45) is 0 Å². The maximum absolute atomic E-state index is 13.8. The number of hydrogen-bond donors (Lipinski definition) is 0. The molecule has 9 nitrogen and oxygen atoms in total. The van der Waals surface area contributed by atoms with E-state index in [2.05, 4.69) is 35.2 Å². The maximum Gasteiger partial charge on any atom is 0.269 e. The summed E-state index contributed by atoms with van der Waals surface area (Å²) in [4.78, 5) is 21.0. The summed E-state index contributed by atoms with van der Waals surface area (Å²) in [7, 11) is 1.59. The first kappa shape index (κ1) is 26.9. The van der Waals surface area contributed by atoms with Crippen LogP contribution in [0, 0.1) is 6.92 Å². The Hall–Kier alpha value is -4.28. The van der Waals surface area contributed by atoms with E-state index in [1.54, 1.807) is 67.8 Å². The van der Waals surface area contributed by atoms with E-state index in [-0.39, 0.29) is 17.3 Å². The Balaban J connectivity index is 1.50. The van der Waals surface area contributed by atoms with Gasteiger partial charge in [-0.3, -0.25) is 9.48 Å². The van der Waals surface area contributed by atoms with Crippen LogP contribution in [0.3, 0.4) is 0 Å². The molecule has 0 spiro atoms. The molecule has 0 aliphatic carbocycles. The van der Waals surface area contributed by atoms with E-state index in [0.29, 0.717) is 22.2 Å². The predicted octanol–water partition coefficient (Wildman–Crippen LogP) is 4.19. The van der Waals surface area contributed by atoms with Crippen molar-refractivity contribution in [2.75, 3.05) is 27.7 Å². The van der Waals surface area contributed by atoms with Crippen molar-refractivity contribution in [3.8, 4) is 22.3 Å². The summed E-state index contributed by atoms with van der Waals surface area (Å²) >= 11 is 0. The minimum atomic E-state index is -3.93. The number of carbonyl (C=O) groups is 1. The molecule has 0 bridgehead atoms. The highest BCUT2D eigenvalue weighted by Gasteiger charge is 2.24. The largest absolute Gasteiger partial charge is 0.347 e. The number of hydrogen-bond acceptors (Lipinski definition) is 6. The molecule has 0 saturated carbocycles. The molecule has 6 rings (SSSR count). The molecule has 1 aliphatic rings. The molecule has 0 N–H and O–H groups in total. The normalized spacial score (nSPS) is 13.9. The number of aryl methyl sites for hydroxylation is 1. The van der Waals surface area contributed by atoms with E-state index in [0.717, 1.165) is 36.2 Å². The van der Waals surface area contributed by atoms with Crippen LogP contribution in [0.2, 0.25) is 0 Å². The third-order valence-corrected chi connectivity index (χ3v) is 9.34. The fourth-order valence-electron chi connectivity index (χ4n) is 5.22. The number of likely N-dealkylation sites (N-methyl/N-ethyl adjacent to an activating group) is 2. The second-order valence-electron chi connectivity index (χ2n) is 10.9. The molecule has 41 heavy (non-hydrogen) atoms. The zero-order chi connectivity index (χ0) is 28.9. The Morgan fingerprint density at radius 2 is 1.73 bits per heavy atom. The van der Waals surface area contributed by atoms with Gasteiger partial charge in [-0.2, -0.15) is 5.10 Å². The first-order chi connectivity index (χ1) is 19.6. The number of rotatable bonds is 6. The summed E-state index contributed by atoms with van der Waals surface area (Å²) in [5.74, 6) is -0.0916. The quantitative estimate of drug-likeness (QED) is 0.305. The van der Waals surface area contributed by atoms with Gasteiger partial charge in [-0.25, -0.2) is 17.4 Å². The van der Waals surface area contributed by atoms with Crippen molar-refractivity contribution in [1.82, 2.24) is 28.5 Å². The summed E-state index contributed by atoms with van der Waals surface area (Å²) in [6, 6.07) is 15.3. The smallest absolute Gasteiger partial charge is 0.269 e. The molecule has 0 radical (unpaired) electrons. The molecule has 2 aromatic carbocycles. The SMILES string of the molecule is Cc1ccc(S(=O)(=O)n2cc(-c3cnn(CC(=O)N(C)C)c3)c3cc(-c4ccc5c(c4)CN(C)CC5)cnc32)cc1. The zero-order valence-corrected chi connectivity index (χ0v) is 24.4. The number of pyridine rings is 1. The average molecular weight is 569 g/mol. The van der Waals surface area contributed by atoms with Crippen molar-refractivity contribution < 1.29 is 13.2 Å². The van der Waals surface area contributed by atoms with E-state index in [1.807, 2.05) is 13.0 Å². The molecule has 1 aliphatic heterocycles. The minimum absolute atomic E-state index is 0.0837. The zero-order valence-electron chi connectivity index (χ0n) is 23.6. The summed E-state index contributed by atoms with van der Waals surface area (Å²) in [5.41, 5.74) is 7.26. The van der Waals surface area contributed by atoms with Crippen LogP contribution in [-0.2, 0) is 34.3 Å². The van der Waals surface area contributed by atoms with Gasteiger partial charge in [0.25, 0.3) is 10.0 Å². The Kier molecular flexibility index (Phi) is 6.75. The molecule has 0 saturated heterocycles. The number of carbonyl (C=O) groups excluding carboxylic acids is 1. The van der Waals surface area contributed by atoms with Crippen LogP contribution in [0.25, 0.3) is 33.3 Å². The van der Waals surface area contributed by atoms with Crippen LogP contribution < -0.4 is 0 Å². The van der Waals surface area contributed by atoms with Crippen molar-refractivity contribution in [2.45, 2.75) is 31.3 Å². The number of fused-ring (bicyclic) bond motifs is 2. The van der Waals surface area contributed by atoms with E-state index in [4.69, 9.17) is 4.98 Å². The lowest BCUT2D eigenvalue weighted by atomic mass is 9.95. The van der Waals surface area contributed by atoms with Crippen LogP contribution in [0.1, 0.15) is 16.7 Å². The van der Waals surface area contributed by atoms with Crippen molar-refractivity contribution in [1.29, 1.82) is 0 Å². The fourth-order valence-corrected chi connectivity index (χ4v) is 6.55. The molecule has 0 unspecified atom stereocenters. The Morgan fingerprint density at radius 1 is 0.951 bits per heavy atom. The van der Waals surface area contributed by atoms with E-state index < -0.39 is 10.0 Å². The molecule has 5 aromatic rings. The highest BCUT2D eigenvalue weighted by molar-refractivity contribution is 7.90. The molecule has 10 heteroatoms. The van der Waals surface area contributed by atoms with Gasteiger partial charge < -0.3 is 9.80 Å². The second-order valence-corrected chi connectivity index (χ2v) is 12.8. The Bertz CT molecular complexity index is 1890. The molecule has 210 valence electrons. The average Bonchev–Trinajstić information content (AvgIpc) is 3.57. The highest BCUT2D eigenvalue weighted by atomic mass is 32.2. The minimum Gasteiger partial charge on any atom is -0.347 e. The summed E-state index contributed by atoms with van der Waals surface area (Å²) < 4.78 is 30.5. The van der Waals surface area contributed by atoms with Crippen molar-refractivity contribution in [3.63, 3.8) is 0 Å². The van der Waals surface area contributed by atoms with Crippen LogP contribution in [0.5, 0.6) is 0 Å². The van der Waals surface area contributed by atoms with E-state index in [9.17, 15) is 13.2 Å². The second kappa shape index (κ2) is 10.3. The number of benzene rings is 2. The lowest BCUT2D eigenvalue weighted by Crippen LogP contribution is -2.26. The number of nitrogens with zero attached hydrogens (tertiary/aromatic N) is 6. The van der Waals surface area contributed by atoms with Crippen LogP contribution in [0.4, 0.5) is 0 Å². The van der Waals surface area contributed by atoms with E-state index >= 15 is 0 Å². The molecule has 0 atom stereocenters. The predicted molar refractivity (Wildman–Crippen MR) is 159 cm³/mol.